The van der Waals surface area contributed by atoms with E-state index in [-0.39, 0.29) is 12.2 Å². The lowest BCUT2D eigenvalue weighted by Crippen LogP contribution is -2.04. The Labute approximate surface area is 115 Å². The Morgan fingerprint density at radius 3 is 2.58 bits per heavy atom. The summed E-state index contributed by atoms with van der Waals surface area (Å²) in [6.07, 6.45) is 0.260. The number of nitrogens with one attached hydrogen (secondary N) is 1. The third-order valence-corrected chi connectivity index (χ3v) is 3.18. The van der Waals surface area contributed by atoms with Crippen molar-refractivity contribution >= 4 is 28.4 Å². The molecule has 0 spiro atoms. The number of nitrogens with zero attached hydrogens (tertiary/aromatic N) is 1. The van der Waals surface area contributed by atoms with Crippen molar-refractivity contribution in [2.75, 3.05) is 0 Å². The monoisotopic (exact) mass is 270 g/mol. The first-order chi connectivity index (χ1) is 9.22. The molecule has 1 heterocycles. The standard InChI is InChI=1S/C15H11ClN2O/c16-11-7-5-10(6-8-11)14(19)9-15-17-12-3-1-2-4-13(12)18-15/h1-8H,9H2,(H,17,18). The molecule has 0 bridgehead atoms. The molecule has 2 aromatic carbocycles. The largest absolute Gasteiger partial charge is 0.342 e. The number of carbonyl (C=O) groups is 1. The van der Waals surface area contributed by atoms with Crippen molar-refractivity contribution < 1.29 is 4.79 Å². The SMILES string of the molecule is O=C(Cc1nc2ccccc2[nH]1)c1ccc(Cl)cc1. The summed E-state index contributed by atoms with van der Waals surface area (Å²) in [6, 6.07) is 14.6. The van der Waals surface area contributed by atoms with Crippen LogP contribution in [0.2, 0.25) is 5.02 Å². The summed E-state index contributed by atoms with van der Waals surface area (Å²) >= 11 is 5.80. The number of hydrogen-bond donors (Lipinski definition) is 1. The molecule has 0 fully saturated rings. The summed E-state index contributed by atoms with van der Waals surface area (Å²) in [7, 11) is 0. The van der Waals surface area contributed by atoms with Gasteiger partial charge in [-0.2, -0.15) is 0 Å². The molecule has 19 heavy (non-hydrogen) atoms. The molecule has 0 saturated heterocycles. The fourth-order valence-electron chi connectivity index (χ4n) is 1.98. The van der Waals surface area contributed by atoms with Crippen LogP contribution in [0.15, 0.2) is 48.5 Å². The summed E-state index contributed by atoms with van der Waals surface area (Å²) in [6.45, 7) is 0. The average molecular weight is 271 g/mol. The van der Waals surface area contributed by atoms with E-state index in [0.717, 1.165) is 11.0 Å². The molecular formula is C15H11ClN2O. The third-order valence-electron chi connectivity index (χ3n) is 2.93. The summed E-state index contributed by atoms with van der Waals surface area (Å²) in [5, 5.41) is 0.625. The maximum Gasteiger partial charge on any atom is 0.170 e. The van der Waals surface area contributed by atoms with Gasteiger partial charge in [0, 0.05) is 10.6 Å². The first-order valence-corrected chi connectivity index (χ1v) is 6.32. The Morgan fingerprint density at radius 1 is 1.11 bits per heavy atom. The van der Waals surface area contributed by atoms with Crippen LogP contribution in [0.4, 0.5) is 0 Å². The van der Waals surface area contributed by atoms with Crippen LogP contribution in [0.1, 0.15) is 16.2 Å². The Bertz CT molecular complexity index is 698. The number of aromatic amines is 1. The van der Waals surface area contributed by atoms with Gasteiger partial charge in [0.15, 0.2) is 5.78 Å². The highest BCUT2D eigenvalue weighted by Gasteiger charge is 2.10. The number of H-pyrrole nitrogens is 1. The molecule has 0 aliphatic carbocycles. The molecule has 94 valence electrons. The van der Waals surface area contributed by atoms with Crippen LogP contribution in [0.3, 0.4) is 0 Å². The first kappa shape index (κ1) is 11.9. The summed E-state index contributed by atoms with van der Waals surface area (Å²) in [4.78, 5) is 19.6. The van der Waals surface area contributed by atoms with E-state index in [9.17, 15) is 4.79 Å². The predicted octanol–water partition coefficient (Wildman–Crippen LogP) is 3.64. The molecule has 3 rings (SSSR count). The zero-order chi connectivity index (χ0) is 13.2. The average Bonchev–Trinajstić information content (AvgIpc) is 2.81. The van der Waals surface area contributed by atoms with Gasteiger partial charge in [0.05, 0.1) is 17.5 Å². The number of carbonyl (C=O) groups excluding carboxylic acids is 1. The third kappa shape index (κ3) is 2.51. The number of fused-ring (bicyclic) bond motifs is 1. The van der Waals surface area contributed by atoms with E-state index < -0.39 is 0 Å². The van der Waals surface area contributed by atoms with Gasteiger partial charge in [0.2, 0.25) is 0 Å². The van der Waals surface area contributed by atoms with Crippen LogP contribution in [0, 0.1) is 0 Å². The number of halogens is 1. The van der Waals surface area contributed by atoms with E-state index in [1.54, 1.807) is 24.3 Å². The highest BCUT2D eigenvalue weighted by molar-refractivity contribution is 6.30. The minimum absolute atomic E-state index is 0.0238. The van der Waals surface area contributed by atoms with Gasteiger partial charge in [-0.3, -0.25) is 4.79 Å². The lowest BCUT2D eigenvalue weighted by atomic mass is 10.1. The van der Waals surface area contributed by atoms with Crippen molar-refractivity contribution in [3.8, 4) is 0 Å². The number of benzene rings is 2. The fourth-order valence-corrected chi connectivity index (χ4v) is 2.11. The minimum Gasteiger partial charge on any atom is -0.342 e. The van der Waals surface area contributed by atoms with E-state index in [0.29, 0.717) is 16.4 Å². The molecule has 0 amide bonds. The number of imidazole rings is 1. The zero-order valence-electron chi connectivity index (χ0n) is 10.1. The van der Waals surface area contributed by atoms with Crippen LogP contribution < -0.4 is 0 Å². The second-order valence-corrected chi connectivity index (χ2v) is 4.74. The van der Waals surface area contributed by atoms with Crippen LogP contribution in [0.5, 0.6) is 0 Å². The Balaban J connectivity index is 1.84. The molecule has 0 aliphatic heterocycles. The van der Waals surface area contributed by atoms with Crippen LogP contribution in [-0.4, -0.2) is 15.8 Å². The van der Waals surface area contributed by atoms with Crippen molar-refractivity contribution in [2.24, 2.45) is 0 Å². The van der Waals surface area contributed by atoms with Gasteiger partial charge in [0.1, 0.15) is 5.82 Å². The Morgan fingerprint density at radius 2 is 1.84 bits per heavy atom. The number of aromatic nitrogens is 2. The van der Waals surface area contributed by atoms with Gasteiger partial charge in [-0.05, 0) is 36.4 Å². The number of Topliss-reactive ketones (excluding diaryl/α,β-unsaturated/α-hetero) is 1. The van der Waals surface area contributed by atoms with E-state index in [1.165, 1.54) is 0 Å². The maximum atomic E-state index is 12.1. The van der Waals surface area contributed by atoms with Gasteiger partial charge in [-0.25, -0.2) is 4.98 Å². The van der Waals surface area contributed by atoms with Gasteiger partial charge in [0.25, 0.3) is 0 Å². The van der Waals surface area contributed by atoms with E-state index in [1.807, 2.05) is 24.3 Å². The lowest BCUT2D eigenvalue weighted by Gasteiger charge is -1.98. The van der Waals surface area contributed by atoms with Crippen molar-refractivity contribution in [3.63, 3.8) is 0 Å². The van der Waals surface area contributed by atoms with Gasteiger partial charge < -0.3 is 4.98 Å². The molecular weight excluding hydrogens is 260 g/mol. The highest BCUT2D eigenvalue weighted by atomic mass is 35.5. The van der Waals surface area contributed by atoms with Gasteiger partial charge in [-0.1, -0.05) is 23.7 Å². The first-order valence-electron chi connectivity index (χ1n) is 5.95. The van der Waals surface area contributed by atoms with Gasteiger partial charge >= 0.3 is 0 Å². The van der Waals surface area contributed by atoms with Crippen molar-refractivity contribution in [3.05, 3.63) is 64.9 Å². The van der Waals surface area contributed by atoms with E-state index in [4.69, 9.17) is 11.6 Å². The molecule has 3 nitrogen and oxygen atoms in total. The minimum atomic E-state index is 0.0238. The number of hydrogen-bond acceptors (Lipinski definition) is 2. The second kappa shape index (κ2) is 4.86. The van der Waals surface area contributed by atoms with Crippen LogP contribution in [0.25, 0.3) is 11.0 Å². The van der Waals surface area contributed by atoms with E-state index >= 15 is 0 Å². The summed E-state index contributed by atoms with van der Waals surface area (Å²) < 4.78 is 0. The van der Waals surface area contributed by atoms with Crippen molar-refractivity contribution in [2.45, 2.75) is 6.42 Å². The fraction of sp³-hybridized carbons (Fsp3) is 0.0667. The molecule has 3 aromatic rings. The molecule has 1 aromatic heterocycles. The van der Waals surface area contributed by atoms with Crippen molar-refractivity contribution in [1.29, 1.82) is 0 Å². The topological polar surface area (TPSA) is 45.8 Å². The second-order valence-electron chi connectivity index (χ2n) is 4.31. The zero-order valence-corrected chi connectivity index (χ0v) is 10.8. The Hall–Kier alpha value is -2.13. The number of para-hydroxylation sites is 2. The molecule has 0 unspecified atom stereocenters. The normalized spacial score (nSPS) is 10.8. The van der Waals surface area contributed by atoms with Crippen LogP contribution >= 0.6 is 11.6 Å². The maximum absolute atomic E-state index is 12.1. The molecule has 0 aliphatic rings. The summed E-state index contributed by atoms with van der Waals surface area (Å²) in [5.41, 5.74) is 2.47. The number of rotatable bonds is 3. The molecule has 4 heteroatoms. The van der Waals surface area contributed by atoms with Crippen molar-refractivity contribution in [1.82, 2.24) is 9.97 Å². The van der Waals surface area contributed by atoms with Crippen LogP contribution in [-0.2, 0) is 6.42 Å². The molecule has 0 radical (unpaired) electrons. The predicted molar refractivity (Wildman–Crippen MR) is 75.6 cm³/mol. The molecule has 0 saturated carbocycles. The Kier molecular flexibility index (Phi) is 3.05. The molecule has 1 N–H and O–H groups in total. The molecule has 0 atom stereocenters. The number of ketones is 1. The van der Waals surface area contributed by atoms with Gasteiger partial charge in [-0.15, -0.1) is 0 Å². The summed E-state index contributed by atoms with van der Waals surface area (Å²) in [5.74, 6) is 0.705. The highest BCUT2D eigenvalue weighted by Crippen LogP contribution is 2.14. The van der Waals surface area contributed by atoms with E-state index in [2.05, 4.69) is 9.97 Å². The lowest BCUT2D eigenvalue weighted by molar-refractivity contribution is 0.0991. The smallest absolute Gasteiger partial charge is 0.170 e. The quantitative estimate of drug-likeness (QED) is 0.739.